The number of benzene rings is 2. The first-order chi connectivity index (χ1) is 15.0. The van der Waals surface area contributed by atoms with E-state index in [1.165, 1.54) is 5.56 Å². The third-order valence-electron chi connectivity index (χ3n) is 6.13. The second kappa shape index (κ2) is 9.62. The number of nitrogens with one attached hydrogen (secondary N) is 1. The molecule has 0 spiro atoms. The lowest BCUT2D eigenvalue weighted by Gasteiger charge is -2.34. The standard InChI is InChI=1S/C25H33N5O/c1-19(2)25(31)26-21-9-10-23-22(17-21)27-24(28(23)3)11-12-29-13-15-30(16-14-29)18-20-7-5-4-6-8-20/h4-10,17,19H,11-16,18H2,1-3H3,(H,26,31). The molecule has 1 aliphatic heterocycles. The number of hydrogen-bond acceptors (Lipinski definition) is 4. The molecule has 3 aromatic rings. The number of amides is 1. The lowest BCUT2D eigenvalue weighted by atomic mass is 10.2. The lowest BCUT2D eigenvalue weighted by molar-refractivity contribution is -0.118. The quantitative estimate of drug-likeness (QED) is 0.637. The van der Waals surface area contributed by atoms with Crippen molar-refractivity contribution < 1.29 is 4.79 Å². The van der Waals surface area contributed by atoms with Gasteiger partial charge in [0.25, 0.3) is 0 Å². The first-order valence-electron chi connectivity index (χ1n) is 11.2. The number of carbonyl (C=O) groups excluding carboxylic acids is 1. The van der Waals surface area contributed by atoms with Gasteiger partial charge in [-0.2, -0.15) is 0 Å². The minimum Gasteiger partial charge on any atom is -0.331 e. The third-order valence-corrected chi connectivity index (χ3v) is 6.13. The maximum Gasteiger partial charge on any atom is 0.226 e. The van der Waals surface area contributed by atoms with Crippen LogP contribution in [0.4, 0.5) is 5.69 Å². The molecule has 0 bridgehead atoms. The van der Waals surface area contributed by atoms with E-state index in [-0.39, 0.29) is 11.8 Å². The summed E-state index contributed by atoms with van der Waals surface area (Å²) in [5, 5.41) is 2.97. The fraction of sp³-hybridized carbons (Fsp3) is 0.440. The van der Waals surface area contributed by atoms with Crippen LogP contribution < -0.4 is 5.32 Å². The van der Waals surface area contributed by atoms with Gasteiger partial charge in [-0.3, -0.25) is 9.69 Å². The van der Waals surface area contributed by atoms with Crippen molar-refractivity contribution >= 4 is 22.6 Å². The molecule has 164 valence electrons. The Morgan fingerprint density at radius 3 is 2.45 bits per heavy atom. The normalized spacial score (nSPS) is 15.6. The number of rotatable bonds is 7. The number of aryl methyl sites for hydroxylation is 1. The van der Waals surface area contributed by atoms with Gasteiger partial charge in [-0.1, -0.05) is 44.2 Å². The molecule has 4 rings (SSSR count). The van der Waals surface area contributed by atoms with E-state index in [1.807, 2.05) is 32.0 Å². The molecule has 6 heteroatoms. The summed E-state index contributed by atoms with van der Waals surface area (Å²) in [5.41, 5.74) is 4.24. The molecule has 0 radical (unpaired) electrons. The molecule has 0 unspecified atom stereocenters. The van der Waals surface area contributed by atoms with Crippen molar-refractivity contribution in [1.29, 1.82) is 0 Å². The Morgan fingerprint density at radius 2 is 1.74 bits per heavy atom. The summed E-state index contributed by atoms with van der Waals surface area (Å²) in [6.45, 7) is 10.3. The van der Waals surface area contributed by atoms with Crippen molar-refractivity contribution in [3.8, 4) is 0 Å². The zero-order valence-electron chi connectivity index (χ0n) is 18.8. The van der Waals surface area contributed by atoms with E-state index in [0.717, 1.165) is 68.2 Å². The highest BCUT2D eigenvalue weighted by Gasteiger charge is 2.18. The fourth-order valence-corrected chi connectivity index (χ4v) is 4.11. The van der Waals surface area contributed by atoms with E-state index in [4.69, 9.17) is 4.98 Å². The summed E-state index contributed by atoms with van der Waals surface area (Å²) < 4.78 is 2.18. The third kappa shape index (κ3) is 5.32. The molecule has 0 saturated carbocycles. The van der Waals surface area contributed by atoms with E-state index < -0.39 is 0 Å². The average molecular weight is 420 g/mol. The van der Waals surface area contributed by atoms with Crippen LogP contribution in [-0.4, -0.2) is 58.0 Å². The monoisotopic (exact) mass is 419 g/mol. The maximum absolute atomic E-state index is 12.0. The molecular formula is C25H33N5O. The van der Waals surface area contributed by atoms with E-state index >= 15 is 0 Å². The molecule has 2 heterocycles. The molecule has 1 fully saturated rings. The van der Waals surface area contributed by atoms with Crippen LogP contribution in [0, 0.1) is 5.92 Å². The SMILES string of the molecule is CC(C)C(=O)Nc1ccc2c(c1)nc(CCN1CCN(Cc3ccccc3)CC1)n2C. The van der Waals surface area contributed by atoms with Gasteiger partial charge in [-0.25, -0.2) is 4.98 Å². The van der Waals surface area contributed by atoms with E-state index in [1.54, 1.807) is 0 Å². The molecule has 0 aliphatic carbocycles. The van der Waals surface area contributed by atoms with Gasteiger partial charge in [0.2, 0.25) is 5.91 Å². The maximum atomic E-state index is 12.0. The minimum atomic E-state index is -0.0387. The van der Waals surface area contributed by atoms with Crippen molar-refractivity contribution in [1.82, 2.24) is 19.4 Å². The van der Waals surface area contributed by atoms with Gasteiger partial charge in [-0.15, -0.1) is 0 Å². The largest absolute Gasteiger partial charge is 0.331 e. The van der Waals surface area contributed by atoms with Crippen molar-refractivity contribution in [2.45, 2.75) is 26.8 Å². The summed E-state index contributed by atoms with van der Waals surface area (Å²) in [6.07, 6.45) is 0.928. The molecule has 6 nitrogen and oxygen atoms in total. The van der Waals surface area contributed by atoms with Crippen LogP contribution in [-0.2, 0) is 24.8 Å². The van der Waals surface area contributed by atoms with Gasteiger partial charge < -0.3 is 14.8 Å². The van der Waals surface area contributed by atoms with Crippen LogP contribution in [0.5, 0.6) is 0 Å². The summed E-state index contributed by atoms with van der Waals surface area (Å²) in [5.74, 6) is 1.08. The van der Waals surface area contributed by atoms with Crippen LogP contribution in [0.15, 0.2) is 48.5 Å². The molecule has 31 heavy (non-hydrogen) atoms. The first kappa shape index (κ1) is 21.5. The number of fused-ring (bicyclic) bond motifs is 1. The zero-order valence-corrected chi connectivity index (χ0v) is 18.8. The van der Waals surface area contributed by atoms with Crippen LogP contribution >= 0.6 is 0 Å². The number of piperazine rings is 1. The average Bonchev–Trinajstić information content (AvgIpc) is 3.09. The van der Waals surface area contributed by atoms with Crippen molar-refractivity contribution in [3.63, 3.8) is 0 Å². The Hall–Kier alpha value is -2.70. The predicted molar refractivity (Wildman–Crippen MR) is 126 cm³/mol. The van der Waals surface area contributed by atoms with Crippen molar-refractivity contribution in [2.24, 2.45) is 13.0 Å². The van der Waals surface area contributed by atoms with Gasteiger partial charge >= 0.3 is 0 Å². The Bertz CT molecular complexity index is 1020. The number of aromatic nitrogens is 2. The van der Waals surface area contributed by atoms with Crippen LogP contribution in [0.1, 0.15) is 25.2 Å². The Balaban J connectivity index is 1.32. The number of nitrogens with zero attached hydrogens (tertiary/aromatic N) is 4. The van der Waals surface area contributed by atoms with Gasteiger partial charge in [0.15, 0.2) is 0 Å². The van der Waals surface area contributed by atoms with Crippen LogP contribution in [0.25, 0.3) is 11.0 Å². The molecule has 1 N–H and O–H groups in total. The van der Waals surface area contributed by atoms with Gasteiger partial charge in [0, 0.05) is 64.3 Å². The second-order valence-corrected chi connectivity index (χ2v) is 8.79. The summed E-state index contributed by atoms with van der Waals surface area (Å²) in [6, 6.07) is 16.7. The van der Waals surface area contributed by atoms with E-state index in [2.05, 4.69) is 57.1 Å². The van der Waals surface area contributed by atoms with Gasteiger partial charge in [-0.05, 0) is 23.8 Å². The first-order valence-corrected chi connectivity index (χ1v) is 11.2. The number of hydrogen-bond donors (Lipinski definition) is 1. The topological polar surface area (TPSA) is 53.4 Å². The molecule has 1 amide bonds. The minimum absolute atomic E-state index is 0.0295. The lowest BCUT2D eigenvalue weighted by Crippen LogP contribution is -2.46. The summed E-state index contributed by atoms with van der Waals surface area (Å²) >= 11 is 0. The molecular weight excluding hydrogens is 386 g/mol. The predicted octanol–water partition coefficient (Wildman–Crippen LogP) is 3.53. The molecule has 1 saturated heterocycles. The molecule has 0 atom stereocenters. The molecule has 2 aromatic carbocycles. The number of imidazole rings is 1. The van der Waals surface area contributed by atoms with Crippen molar-refractivity contribution in [3.05, 3.63) is 59.9 Å². The molecule has 1 aromatic heterocycles. The van der Waals surface area contributed by atoms with Crippen LogP contribution in [0.3, 0.4) is 0 Å². The summed E-state index contributed by atoms with van der Waals surface area (Å²) in [7, 11) is 2.08. The Labute approximate surface area is 184 Å². The van der Waals surface area contributed by atoms with Crippen LogP contribution in [0.2, 0.25) is 0 Å². The summed E-state index contributed by atoms with van der Waals surface area (Å²) in [4.78, 5) is 21.9. The highest BCUT2D eigenvalue weighted by molar-refractivity contribution is 5.94. The van der Waals surface area contributed by atoms with Crippen molar-refractivity contribution in [2.75, 3.05) is 38.0 Å². The highest BCUT2D eigenvalue weighted by atomic mass is 16.1. The Kier molecular flexibility index (Phi) is 6.68. The number of carbonyl (C=O) groups is 1. The number of anilines is 1. The highest BCUT2D eigenvalue weighted by Crippen LogP contribution is 2.21. The smallest absolute Gasteiger partial charge is 0.226 e. The zero-order chi connectivity index (χ0) is 21.8. The Morgan fingerprint density at radius 1 is 1.03 bits per heavy atom. The van der Waals surface area contributed by atoms with Gasteiger partial charge in [0.05, 0.1) is 11.0 Å². The fourth-order valence-electron chi connectivity index (χ4n) is 4.11. The van der Waals surface area contributed by atoms with E-state index in [0.29, 0.717) is 0 Å². The van der Waals surface area contributed by atoms with E-state index in [9.17, 15) is 4.79 Å². The van der Waals surface area contributed by atoms with Gasteiger partial charge in [0.1, 0.15) is 5.82 Å². The second-order valence-electron chi connectivity index (χ2n) is 8.79. The molecule has 1 aliphatic rings.